The molecule has 0 saturated heterocycles. The van der Waals surface area contributed by atoms with Crippen LogP contribution in [0.4, 0.5) is 5.69 Å². The van der Waals surface area contributed by atoms with Gasteiger partial charge in [-0.3, -0.25) is 4.79 Å². The molecule has 5 nitrogen and oxygen atoms in total. The Morgan fingerprint density at radius 2 is 2.33 bits per heavy atom. The molecule has 2 heterocycles. The standard InChI is InChI=1S/C13H14N4O/c14-11-3-1-2-9-4-5-17(7-10(9)11)13(18)12-6-15-8-16-12/h1-3,6,8H,4-5,7,14H2,(H,15,16). The summed E-state index contributed by atoms with van der Waals surface area (Å²) in [6.45, 7) is 1.29. The van der Waals surface area contributed by atoms with Crippen LogP contribution in [0.5, 0.6) is 0 Å². The maximum Gasteiger partial charge on any atom is 0.272 e. The maximum atomic E-state index is 12.2. The molecule has 1 aliphatic heterocycles. The minimum atomic E-state index is -0.0265. The Kier molecular flexibility index (Phi) is 2.51. The predicted octanol–water partition coefficient (Wildman–Crippen LogP) is 1.19. The second-order valence-corrected chi connectivity index (χ2v) is 4.43. The van der Waals surface area contributed by atoms with Crippen LogP contribution in [0, 0.1) is 0 Å². The van der Waals surface area contributed by atoms with Crippen molar-refractivity contribution in [2.75, 3.05) is 12.3 Å². The average Bonchev–Trinajstić information content (AvgIpc) is 2.92. The summed E-state index contributed by atoms with van der Waals surface area (Å²) >= 11 is 0. The number of carbonyl (C=O) groups is 1. The summed E-state index contributed by atoms with van der Waals surface area (Å²) in [6.07, 6.45) is 3.91. The third-order valence-corrected chi connectivity index (χ3v) is 3.33. The number of aromatic nitrogens is 2. The van der Waals surface area contributed by atoms with Gasteiger partial charge in [0, 0.05) is 18.8 Å². The summed E-state index contributed by atoms with van der Waals surface area (Å²) in [4.78, 5) is 20.7. The molecule has 0 aliphatic carbocycles. The van der Waals surface area contributed by atoms with Crippen LogP contribution in [0.3, 0.4) is 0 Å². The Labute approximate surface area is 105 Å². The molecule has 92 valence electrons. The van der Waals surface area contributed by atoms with E-state index in [1.807, 2.05) is 12.1 Å². The molecule has 0 spiro atoms. The zero-order chi connectivity index (χ0) is 12.5. The number of nitrogens with zero attached hydrogens (tertiary/aromatic N) is 2. The number of nitrogens with one attached hydrogen (secondary N) is 1. The van der Waals surface area contributed by atoms with Gasteiger partial charge in [-0.15, -0.1) is 0 Å². The molecule has 2 aromatic rings. The molecule has 1 amide bonds. The van der Waals surface area contributed by atoms with E-state index >= 15 is 0 Å². The second-order valence-electron chi connectivity index (χ2n) is 4.43. The number of hydrogen-bond acceptors (Lipinski definition) is 3. The fourth-order valence-corrected chi connectivity index (χ4v) is 2.32. The first-order valence-electron chi connectivity index (χ1n) is 5.89. The molecule has 1 aromatic heterocycles. The SMILES string of the molecule is Nc1cccc2c1CN(C(=O)c1cnc[nH]1)CC2. The molecular formula is C13H14N4O. The first-order valence-corrected chi connectivity index (χ1v) is 5.89. The molecule has 0 bridgehead atoms. The Bertz CT molecular complexity index is 577. The van der Waals surface area contributed by atoms with Gasteiger partial charge in [0.25, 0.3) is 5.91 Å². The van der Waals surface area contributed by atoms with Gasteiger partial charge in [-0.05, 0) is 23.6 Å². The van der Waals surface area contributed by atoms with Crippen LogP contribution in [0.15, 0.2) is 30.7 Å². The topological polar surface area (TPSA) is 75.0 Å². The van der Waals surface area contributed by atoms with Crippen molar-refractivity contribution in [3.8, 4) is 0 Å². The van der Waals surface area contributed by atoms with E-state index in [1.54, 1.807) is 11.1 Å². The van der Waals surface area contributed by atoms with E-state index in [0.29, 0.717) is 18.8 Å². The van der Waals surface area contributed by atoms with Gasteiger partial charge in [-0.25, -0.2) is 4.98 Å². The minimum Gasteiger partial charge on any atom is -0.398 e. The number of benzene rings is 1. The molecular weight excluding hydrogens is 228 g/mol. The van der Waals surface area contributed by atoms with Crippen molar-refractivity contribution in [2.45, 2.75) is 13.0 Å². The lowest BCUT2D eigenvalue weighted by Crippen LogP contribution is -2.36. The van der Waals surface area contributed by atoms with Crippen molar-refractivity contribution in [1.29, 1.82) is 0 Å². The zero-order valence-corrected chi connectivity index (χ0v) is 9.89. The number of imidazole rings is 1. The molecule has 0 radical (unpaired) electrons. The number of aromatic amines is 1. The van der Waals surface area contributed by atoms with Crippen molar-refractivity contribution in [3.05, 3.63) is 47.5 Å². The Morgan fingerprint density at radius 1 is 1.44 bits per heavy atom. The van der Waals surface area contributed by atoms with Crippen LogP contribution in [-0.2, 0) is 13.0 Å². The number of carbonyl (C=O) groups excluding carboxylic acids is 1. The summed E-state index contributed by atoms with van der Waals surface area (Å²) in [5, 5.41) is 0. The molecule has 5 heteroatoms. The van der Waals surface area contributed by atoms with Crippen LogP contribution in [0.25, 0.3) is 0 Å². The van der Waals surface area contributed by atoms with Crippen molar-refractivity contribution in [1.82, 2.24) is 14.9 Å². The maximum absolute atomic E-state index is 12.2. The van der Waals surface area contributed by atoms with Gasteiger partial charge < -0.3 is 15.6 Å². The second kappa shape index (κ2) is 4.18. The number of nitrogen functional groups attached to an aromatic ring is 1. The van der Waals surface area contributed by atoms with E-state index in [9.17, 15) is 4.79 Å². The van der Waals surface area contributed by atoms with Gasteiger partial charge in [-0.1, -0.05) is 12.1 Å². The van der Waals surface area contributed by atoms with Crippen LogP contribution >= 0.6 is 0 Å². The molecule has 3 rings (SSSR count). The largest absolute Gasteiger partial charge is 0.398 e. The molecule has 1 aromatic carbocycles. The van der Waals surface area contributed by atoms with Crippen LogP contribution in [-0.4, -0.2) is 27.3 Å². The number of rotatable bonds is 1. The number of H-pyrrole nitrogens is 1. The van der Waals surface area contributed by atoms with Crippen LogP contribution in [0.2, 0.25) is 0 Å². The van der Waals surface area contributed by atoms with Gasteiger partial charge in [0.05, 0.1) is 12.5 Å². The Morgan fingerprint density at radius 3 is 3.11 bits per heavy atom. The Hall–Kier alpha value is -2.30. The van der Waals surface area contributed by atoms with Crippen molar-refractivity contribution < 1.29 is 4.79 Å². The fourth-order valence-electron chi connectivity index (χ4n) is 2.32. The average molecular weight is 242 g/mol. The van der Waals surface area contributed by atoms with Crippen molar-refractivity contribution >= 4 is 11.6 Å². The summed E-state index contributed by atoms with van der Waals surface area (Å²) in [7, 11) is 0. The highest BCUT2D eigenvalue weighted by Gasteiger charge is 2.23. The number of anilines is 1. The normalized spacial score (nSPS) is 14.3. The number of nitrogens with two attached hydrogens (primary N) is 1. The smallest absolute Gasteiger partial charge is 0.272 e. The highest BCUT2D eigenvalue weighted by molar-refractivity contribution is 5.92. The molecule has 0 fully saturated rings. The molecule has 0 atom stereocenters. The highest BCUT2D eigenvalue weighted by atomic mass is 16.2. The quantitative estimate of drug-likeness (QED) is 0.737. The summed E-state index contributed by atoms with van der Waals surface area (Å²) < 4.78 is 0. The number of amides is 1. The molecule has 18 heavy (non-hydrogen) atoms. The van der Waals surface area contributed by atoms with E-state index in [4.69, 9.17) is 5.73 Å². The molecule has 0 unspecified atom stereocenters. The molecule has 0 saturated carbocycles. The van der Waals surface area contributed by atoms with Gasteiger partial charge in [-0.2, -0.15) is 0 Å². The minimum absolute atomic E-state index is 0.0265. The summed E-state index contributed by atoms with van der Waals surface area (Å²) in [5.74, 6) is -0.0265. The van der Waals surface area contributed by atoms with E-state index in [-0.39, 0.29) is 5.91 Å². The van der Waals surface area contributed by atoms with E-state index in [2.05, 4.69) is 16.0 Å². The molecule has 1 aliphatic rings. The monoisotopic (exact) mass is 242 g/mol. The van der Waals surface area contributed by atoms with Gasteiger partial charge in [0.1, 0.15) is 5.69 Å². The van der Waals surface area contributed by atoms with E-state index < -0.39 is 0 Å². The highest BCUT2D eigenvalue weighted by Crippen LogP contribution is 2.24. The molecule has 3 N–H and O–H groups in total. The van der Waals surface area contributed by atoms with Crippen molar-refractivity contribution in [2.24, 2.45) is 0 Å². The van der Waals surface area contributed by atoms with Gasteiger partial charge in [0.15, 0.2) is 0 Å². The van der Waals surface area contributed by atoms with Crippen LogP contribution < -0.4 is 5.73 Å². The predicted molar refractivity (Wildman–Crippen MR) is 67.9 cm³/mol. The van der Waals surface area contributed by atoms with Gasteiger partial charge >= 0.3 is 0 Å². The van der Waals surface area contributed by atoms with E-state index in [1.165, 1.54) is 11.9 Å². The lowest BCUT2D eigenvalue weighted by molar-refractivity contribution is 0.0730. The first-order chi connectivity index (χ1) is 8.75. The van der Waals surface area contributed by atoms with Gasteiger partial charge in [0.2, 0.25) is 0 Å². The fraction of sp³-hybridized carbons (Fsp3) is 0.231. The lowest BCUT2D eigenvalue weighted by Gasteiger charge is -2.29. The first kappa shape index (κ1) is 10.8. The zero-order valence-electron chi connectivity index (χ0n) is 9.89. The number of hydrogen-bond donors (Lipinski definition) is 2. The number of fused-ring (bicyclic) bond motifs is 1. The van der Waals surface area contributed by atoms with Crippen molar-refractivity contribution in [3.63, 3.8) is 0 Å². The summed E-state index contributed by atoms with van der Waals surface area (Å²) in [5.41, 5.74) is 9.55. The summed E-state index contributed by atoms with van der Waals surface area (Å²) in [6, 6.07) is 5.91. The Balaban J connectivity index is 1.87. The van der Waals surface area contributed by atoms with Crippen LogP contribution in [0.1, 0.15) is 21.6 Å². The third kappa shape index (κ3) is 1.73. The van der Waals surface area contributed by atoms with E-state index in [0.717, 1.165) is 17.7 Å². The lowest BCUT2D eigenvalue weighted by atomic mass is 9.98. The third-order valence-electron chi connectivity index (χ3n) is 3.33.